The second-order valence-electron chi connectivity index (χ2n) is 21.5. The first-order valence-corrected chi connectivity index (χ1v) is 31.6. The van der Waals surface area contributed by atoms with Gasteiger partial charge in [0.05, 0.1) is 13.2 Å². The van der Waals surface area contributed by atoms with E-state index in [1.54, 1.807) is 0 Å². The second-order valence-corrected chi connectivity index (χ2v) is 21.5. The third-order valence-corrected chi connectivity index (χ3v) is 13.6. The molecule has 464 valence electrons. The molecule has 0 heterocycles. The summed E-state index contributed by atoms with van der Waals surface area (Å²) in [5.41, 5.74) is 0. The van der Waals surface area contributed by atoms with Crippen molar-refractivity contribution in [3.8, 4) is 0 Å². The highest BCUT2D eigenvalue weighted by atomic mass is 16.6. The van der Waals surface area contributed by atoms with Gasteiger partial charge in [-0.3, -0.25) is 14.4 Å². The molecule has 0 aliphatic heterocycles. The minimum absolute atomic E-state index is 0.365. The van der Waals surface area contributed by atoms with Crippen LogP contribution in [0.25, 0.3) is 0 Å². The quantitative estimate of drug-likeness (QED) is 0.0188. The molecule has 0 aromatic heterocycles. The van der Waals surface area contributed by atoms with Crippen LogP contribution in [-0.2, 0) is 43.0 Å². The molecule has 3 atom stereocenters. The highest BCUT2D eigenvalue weighted by Gasteiger charge is 2.21. The van der Waals surface area contributed by atoms with Crippen LogP contribution in [-0.4, -0.2) is 104 Å². The number of carboxylic acid groups (broad SMARTS) is 3. The Kier molecular flexibility index (Phi) is 68.9. The van der Waals surface area contributed by atoms with Crippen molar-refractivity contribution in [2.45, 2.75) is 355 Å². The maximum absolute atomic E-state index is 10.9. The number of hydrogen-bond donors (Lipinski definition) is 6. The van der Waals surface area contributed by atoms with Gasteiger partial charge in [0.25, 0.3) is 0 Å². The van der Waals surface area contributed by atoms with E-state index in [4.69, 9.17) is 44.8 Å². The lowest BCUT2D eigenvalue weighted by Gasteiger charge is -2.11. The summed E-state index contributed by atoms with van der Waals surface area (Å²) in [4.78, 5) is 65.2. The molecule has 0 saturated heterocycles. The largest absolute Gasteiger partial charge is 0.479 e. The topological polar surface area (TPSA) is 251 Å². The molecule has 78 heavy (non-hydrogen) atoms. The van der Waals surface area contributed by atoms with E-state index in [-0.39, 0.29) is 13.2 Å². The minimum atomic E-state index is -1.04. The number of aliphatic carboxylic acids is 3. The Morgan fingerprint density at radius 2 is 0.423 bits per heavy atom. The van der Waals surface area contributed by atoms with Crippen molar-refractivity contribution in [3.63, 3.8) is 0 Å². The normalized spacial score (nSPS) is 11.9. The molecule has 0 rings (SSSR count). The zero-order valence-corrected chi connectivity index (χ0v) is 50.9. The summed E-state index contributed by atoms with van der Waals surface area (Å²) >= 11 is 0. The van der Waals surface area contributed by atoms with Gasteiger partial charge in [0.1, 0.15) is 6.10 Å². The fourth-order valence-electron chi connectivity index (χ4n) is 8.93. The van der Waals surface area contributed by atoms with Gasteiger partial charge in [-0.05, 0) is 38.5 Å². The van der Waals surface area contributed by atoms with Gasteiger partial charge in [-0.1, -0.05) is 271 Å². The predicted octanol–water partition coefficient (Wildman–Crippen LogP) is 16.0. The van der Waals surface area contributed by atoms with Crippen LogP contribution in [0.15, 0.2) is 0 Å². The summed E-state index contributed by atoms with van der Waals surface area (Å²) in [6, 6.07) is 0. The van der Waals surface area contributed by atoms with Crippen LogP contribution in [0.5, 0.6) is 0 Å². The average Bonchev–Trinajstić information content (AvgIpc) is 3.39. The van der Waals surface area contributed by atoms with E-state index < -0.39 is 60.2 Å². The van der Waals surface area contributed by atoms with Gasteiger partial charge < -0.3 is 44.8 Å². The van der Waals surface area contributed by atoms with Crippen molar-refractivity contribution in [1.29, 1.82) is 0 Å². The lowest BCUT2D eigenvalue weighted by Crippen LogP contribution is -2.25. The molecule has 0 bridgehead atoms. The number of rotatable bonds is 53. The van der Waals surface area contributed by atoms with Crippen molar-refractivity contribution < 1.29 is 73.6 Å². The molecule has 0 aromatic carbocycles. The van der Waals surface area contributed by atoms with Gasteiger partial charge in [-0.2, -0.15) is 0 Å². The van der Waals surface area contributed by atoms with E-state index in [2.05, 4.69) is 20.8 Å². The van der Waals surface area contributed by atoms with Crippen LogP contribution in [0.3, 0.4) is 0 Å². The van der Waals surface area contributed by atoms with Crippen LogP contribution in [0.4, 0.5) is 0 Å². The van der Waals surface area contributed by atoms with Gasteiger partial charge >= 0.3 is 35.8 Å². The number of aliphatic hydroxyl groups excluding tert-OH is 3. The number of ether oxygens (including phenoxy) is 3. The first kappa shape index (κ1) is 81.2. The number of unbranched alkanes of at least 4 members (excludes halogenated alkanes) is 39. The summed E-state index contributed by atoms with van der Waals surface area (Å²) < 4.78 is 14.4. The number of carboxylic acids is 3. The molecule has 0 spiro atoms. The molecule has 0 aromatic rings. The molecule has 6 N–H and O–H groups in total. The first-order chi connectivity index (χ1) is 37.5. The van der Waals surface area contributed by atoms with Gasteiger partial charge in [0.15, 0.2) is 18.3 Å². The Hall–Kier alpha value is -3.30. The summed E-state index contributed by atoms with van der Waals surface area (Å²) in [7, 11) is 0. The lowest BCUT2D eigenvalue weighted by molar-refractivity contribution is -0.163. The van der Waals surface area contributed by atoms with Crippen molar-refractivity contribution >= 4 is 35.8 Å². The fraction of sp³-hybridized carbons (Fsp3) is 0.905. The number of hydrogen-bond acceptors (Lipinski definition) is 12. The zero-order chi connectivity index (χ0) is 59.1. The van der Waals surface area contributed by atoms with Crippen molar-refractivity contribution in [2.75, 3.05) is 13.2 Å². The number of aliphatic hydroxyl groups is 3. The number of carbonyl (C=O) groups excluding carboxylic acids is 3. The predicted molar refractivity (Wildman–Crippen MR) is 315 cm³/mol. The molecule has 0 amide bonds. The van der Waals surface area contributed by atoms with Crippen LogP contribution in [0, 0.1) is 0 Å². The molecular weight excluding hydrogens is 997 g/mol. The standard InChI is InChI=1S/3C20H38O4.C3H8O3/c3*1-3-4-5-6-7-8-9-10-11-12-13-14-15-16-17-19(20(22)23)24-18(2)21;4-1-3(6)2-5/h3*19H,3-17H2,1-2H3,(H,22,23);3-6H,1-2H2. The molecule has 0 saturated carbocycles. The van der Waals surface area contributed by atoms with E-state index >= 15 is 0 Å². The van der Waals surface area contributed by atoms with Crippen LogP contribution in [0.2, 0.25) is 0 Å². The minimum Gasteiger partial charge on any atom is -0.479 e. The average molecular weight is 1120 g/mol. The number of carbonyl (C=O) groups is 6. The van der Waals surface area contributed by atoms with E-state index in [1.807, 2.05) is 0 Å². The van der Waals surface area contributed by atoms with E-state index in [0.717, 1.165) is 57.8 Å². The maximum atomic E-state index is 10.9. The van der Waals surface area contributed by atoms with Gasteiger partial charge in [-0.25, -0.2) is 14.4 Å². The highest BCUT2D eigenvalue weighted by Crippen LogP contribution is 2.18. The van der Waals surface area contributed by atoms with Crippen molar-refractivity contribution in [1.82, 2.24) is 0 Å². The Morgan fingerprint density at radius 1 is 0.282 bits per heavy atom. The second kappa shape index (κ2) is 66.2. The molecule has 0 radical (unpaired) electrons. The molecule has 15 heteroatoms. The van der Waals surface area contributed by atoms with Crippen LogP contribution < -0.4 is 0 Å². The lowest BCUT2D eigenvalue weighted by atomic mass is 10.0. The molecule has 0 fully saturated rings. The highest BCUT2D eigenvalue weighted by molar-refractivity contribution is 5.78. The van der Waals surface area contributed by atoms with Gasteiger partial charge in [0, 0.05) is 20.8 Å². The van der Waals surface area contributed by atoms with Crippen molar-refractivity contribution in [3.05, 3.63) is 0 Å². The molecular formula is C63H122O15. The summed E-state index contributed by atoms with van der Waals surface area (Å²) in [6.07, 6.45) is 50.8. The molecule has 3 unspecified atom stereocenters. The van der Waals surface area contributed by atoms with Crippen LogP contribution >= 0.6 is 0 Å². The Morgan fingerprint density at radius 3 is 0.526 bits per heavy atom. The molecule has 0 aliphatic carbocycles. The van der Waals surface area contributed by atoms with Gasteiger partial charge in [0.2, 0.25) is 0 Å². The fourth-order valence-corrected chi connectivity index (χ4v) is 8.93. The van der Waals surface area contributed by atoms with E-state index in [1.165, 1.54) is 233 Å². The van der Waals surface area contributed by atoms with Crippen molar-refractivity contribution in [2.24, 2.45) is 0 Å². The summed E-state index contributed by atoms with van der Waals surface area (Å²) in [5, 5.41) is 50.9. The first-order valence-electron chi connectivity index (χ1n) is 31.6. The van der Waals surface area contributed by atoms with Gasteiger partial charge in [-0.15, -0.1) is 0 Å². The summed E-state index contributed by atoms with van der Waals surface area (Å²) in [5.74, 6) is -4.69. The zero-order valence-electron chi connectivity index (χ0n) is 50.9. The smallest absolute Gasteiger partial charge is 0.345 e. The third-order valence-electron chi connectivity index (χ3n) is 13.6. The Balaban J connectivity index is -0.000000498. The maximum Gasteiger partial charge on any atom is 0.345 e. The molecule has 15 nitrogen and oxygen atoms in total. The SMILES string of the molecule is CCCCCCCCCCCCCCCCC(OC(C)=O)C(=O)O.CCCCCCCCCCCCCCCCC(OC(C)=O)C(=O)O.CCCCCCCCCCCCCCCCC(OC(C)=O)C(=O)O.OCC(O)CO. The third kappa shape index (κ3) is 70.7. The monoisotopic (exact) mass is 1120 g/mol. The number of esters is 3. The Bertz CT molecular complexity index is 1180. The van der Waals surface area contributed by atoms with Crippen LogP contribution in [0.1, 0.15) is 330 Å². The summed E-state index contributed by atoms with van der Waals surface area (Å²) in [6.45, 7) is 9.79. The van der Waals surface area contributed by atoms with E-state index in [0.29, 0.717) is 19.3 Å². The Labute approximate surface area is 475 Å². The van der Waals surface area contributed by atoms with E-state index in [9.17, 15) is 28.8 Å². The molecule has 0 aliphatic rings.